The lowest BCUT2D eigenvalue weighted by Gasteiger charge is -2.05. The fourth-order valence-corrected chi connectivity index (χ4v) is 1.89. The van der Waals surface area contributed by atoms with Crippen LogP contribution in [0.15, 0.2) is 54.6 Å². The van der Waals surface area contributed by atoms with Crippen LogP contribution in [0.1, 0.15) is 17.2 Å². The van der Waals surface area contributed by atoms with E-state index in [-0.39, 0.29) is 0 Å². The van der Waals surface area contributed by atoms with Gasteiger partial charge in [0.1, 0.15) is 0 Å². The summed E-state index contributed by atoms with van der Waals surface area (Å²) in [6.07, 6.45) is 2.91. The van der Waals surface area contributed by atoms with Gasteiger partial charge >= 0.3 is 0 Å². The fourth-order valence-electron chi connectivity index (χ4n) is 1.58. The van der Waals surface area contributed by atoms with Gasteiger partial charge in [-0.25, -0.2) is 0 Å². The molecule has 92 valence electrons. The van der Waals surface area contributed by atoms with Gasteiger partial charge in [0.05, 0.1) is 16.1 Å². The predicted octanol–water partition coefficient (Wildman–Crippen LogP) is 4.74. The number of benzene rings is 2. The number of hydrogen-bond acceptors (Lipinski definition) is 1. The van der Waals surface area contributed by atoms with E-state index in [2.05, 4.69) is 0 Å². The van der Waals surface area contributed by atoms with Gasteiger partial charge in [-0.15, -0.1) is 0 Å². The van der Waals surface area contributed by atoms with Gasteiger partial charge in [-0.05, 0) is 23.3 Å². The van der Waals surface area contributed by atoms with Crippen molar-refractivity contribution in [1.29, 1.82) is 0 Å². The Kier molecular flexibility index (Phi) is 4.43. The molecule has 0 aliphatic rings. The first-order chi connectivity index (χ1) is 8.66. The lowest BCUT2D eigenvalue weighted by molar-refractivity contribution is 0.229. The van der Waals surface area contributed by atoms with Crippen LogP contribution in [0.2, 0.25) is 10.0 Å². The maximum atomic E-state index is 9.96. The molecular formula is C15H12Cl2O. The van der Waals surface area contributed by atoms with Crippen molar-refractivity contribution in [2.45, 2.75) is 6.10 Å². The van der Waals surface area contributed by atoms with Gasteiger partial charge in [-0.3, -0.25) is 0 Å². The molecular weight excluding hydrogens is 267 g/mol. The van der Waals surface area contributed by atoms with E-state index in [1.165, 1.54) is 0 Å². The molecule has 0 saturated carbocycles. The van der Waals surface area contributed by atoms with Crippen LogP contribution in [0, 0.1) is 0 Å². The zero-order chi connectivity index (χ0) is 13.0. The highest BCUT2D eigenvalue weighted by atomic mass is 35.5. The molecule has 0 aliphatic heterocycles. The Bertz CT molecular complexity index is 550. The molecule has 0 saturated heterocycles. The second-order valence-corrected chi connectivity index (χ2v) is 4.70. The van der Waals surface area contributed by atoms with E-state index in [0.717, 1.165) is 11.1 Å². The largest absolute Gasteiger partial charge is 0.384 e. The Hall–Kier alpha value is -1.28. The van der Waals surface area contributed by atoms with Crippen LogP contribution in [0.3, 0.4) is 0 Å². The number of aliphatic hydroxyl groups excluding tert-OH is 1. The highest BCUT2D eigenvalue weighted by molar-refractivity contribution is 6.42. The monoisotopic (exact) mass is 278 g/mol. The van der Waals surface area contributed by atoms with Crippen LogP contribution in [0.25, 0.3) is 6.08 Å². The second-order valence-electron chi connectivity index (χ2n) is 3.89. The van der Waals surface area contributed by atoms with Crippen LogP contribution in [-0.2, 0) is 0 Å². The molecule has 0 bridgehead atoms. The third kappa shape index (κ3) is 3.36. The van der Waals surface area contributed by atoms with E-state index in [4.69, 9.17) is 23.2 Å². The first kappa shape index (κ1) is 13.2. The van der Waals surface area contributed by atoms with Crippen LogP contribution >= 0.6 is 23.2 Å². The molecule has 0 aromatic heterocycles. The van der Waals surface area contributed by atoms with E-state index < -0.39 is 6.10 Å². The Morgan fingerprint density at radius 2 is 1.67 bits per heavy atom. The van der Waals surface area contributed by atoms with Crippen LogP contribution < -0.4 is 0 Å². The summed E-state index contributed by atoms with van der Waals surface area (Å²) in [6, 6.07) is 14.8. The van der Waals surface area contributed by atoms with Crippen molar-refractivity contribution in [3.05, 3.63) is 75.8 Å². The topological polar surface area (TPSA) is 20.2 Å². The first-order valence-corrected chi connectivity index (χ1v) is 6.28. The van der Waals surface area contributed by atoms with E-state index in [1.54, 1.807) is 18.2 Å². The van der Waals surface area contributed by atoms with E-state index in [1.807, 2.05) is 42.5 Å². The van der Waals surface area contributed by atoms with Gasteiger partial charge in [-0.2, -0.15) is 0 Å². The van der Waals surface area contributed by atoms with Crippen molar-refractivity contribution in [3.8, 4) is 0 Å². The van der Waals surface area contributed by atoms with Crippen molar-refractivity contribution in [2.75, 3.05) is 0 Å². The van der Waals surface area contributed by atoms with Gasteiger partial charge < -0.3 is 5.11 Å². The summed E-state index contributed by atoms with van der Waals surface area (Å²) in [5, 5.41) is 11.0. The maximum absolute atomic E-state index is 9.96. The standard InChI is InChI=1S/C15H12Cl2O/c16-13-8-6-11(10-14(13)17)7-9-15(18)12-4-2-1-3-5-12/h1-10,15,18H. The van der Waals surface area contributed by atoms with Gasteiger partial charge in [0.25, 0.3) is 0 Å². The zero-order valence-electron chi connectivity index (χ0n) is 9.55. The Labute approximate surface area is 116 Å². The van der Waals surface area contributed by atoms with Gasteiger partial charge in [0.2, 0.25) is 0 Å². The molecule has 2 aromatic rings. The van der Waals surface area contributed by atoms with Crippen LogP contribution in [-0.4, -0.2) is 5.11 Å². The van der Waals surface area contributed by atoms with Crippen molar-refractivity contribution >= 4 is 29.3 Å². The minimum Gasteiger partial charge on any atom is -0.384 e. The van der Waals surface area contributed by atoms with Crippen molar-refractivity contribution in [1.82, 2.24) is 0 Å². The molecule has 0 heterocycles. The fraction of sp³-hybridized carbons (Fsp3) is 0.0667. The molecule has 0 amide bonds. The van der Waals surface area contributed by atoms with Crippen molar-refractivity contribution < 1.29 is 5.11 Å². The molecule has 0 radical (unpaired) electrons. The van der Waals surface area contributed by atoms with Gasteiger partial charge in [0.15, 0.2) is 0 Å². The van der Waals surface area contributed by atoms with Crippen LogP contribution in [0.4, 0.5) is 0 Å². The highest BCUT2D eigenvalue weighted by Crippen LogP contribution is 2.24. The summed E-state index contributed by atoms with van der Waals surface area (Å²) >= 11 is 11.8. The summed E-state index contributed by atoms with van der Waals surface area (Å²) in [5.41, 5.74) is 1.76. The Morgan fingerprint density at radius 3 is 2.33 bits per heavy atom. The van der Waals surface area contributed by atoms with Crippen molar-refractivity contribution in [3.63, 3.8) is 0 Å². The molecule has 1 atom stereocenters. The third-order valence-corrected chi connectivity index (χ3v) is 3.29. The quantitative estimate of drug-likeness (QED) is 0.860. The third-order valence-electron chi connectivity index (χ3n) is 2.56. The maximum Gasteiger partial charge on any atom is 0.0975 e. The molecule has 0 spiro atoms. The SMILES string of the molecule is OC(C=Cc1ccc(Cl)c(Cl)c1)c1ccccc1. The Morgan fingerprint density at radius 1 is 0.944 bits per heavy atom. The molecule has 1 nitrogen and oxygen atoms in total. The minimum atomic E-state index is -0.624. The molecule has 0 aliphatic carbocycles. The normalized spacial score (nSPS) is 12.8. The number of aliphatic hydroxyl groups is 1. The number of rotatable bonds is 3. The molecule has 1 unspecified atom stereocenters. The van der Waals surface area contributed by atoms with Crippen molar-refractivity contribution in [2.24, 2.45) is 0 Å². The van der Waals surface area contributed by atoms with E-state index >= 15 is 0 Å². The summed E-state index contributed by atoms with van der Waals surface area (Å²) < 4.78 is 0. The summed E-state index contributed by atoms with van der Waals surface area (Å²) in [6.45, 7) is 0. The van der Waals surface area contributed by atoms with E-state index in [0.29, 0.717) is 10.0 Å². The molecule has 1 N–H and O–H groups in total. The zero-order valence-corrected chi connectivity index (χ0v) is 11.1. The average molecular weight is 279 g/mol. The Balaban J connectivity index is 2.13. The minimum absolute atomic E-state index is 0.507. The molecule has 3 heteroatoms. The molecule has 2 rings (SSSR count). The smallest absolute Gasteiger partial charge is 0.0975 e. The first-order valence-electron chi connectivity index (χ1n) is 5.53. The lowest BCUT2D eigenvalue weighted by atomic mass is 10.1. The average Bonchev–Trinajstić information content (AvgIpc) is 2.41. The lowest BCUT2D eigenvalue weighted by Crippen LogP contribution is -1.91. The van der Waals surface area contributed by atoms with E-state index in [9.17, 15) is 5.11 Å². The van der Waals surface area contributed by atoms with Crippen LogP contribution in [0.5, 0.6) is 0 Å². The number of hydrogen-bond donors (Lipinski definition) is 1. The number of halogens is 2. The molecule has 2 aromatic carbocycles. The molecule has 0 fully saturated rings. The molecule has 18 heavy (non-hydrogen) atoms. The second kappa shape index (κ2) is 6.05. The summed E-state index contributed by atoms with van der Waals surface area (Å²) in [4.78, 5) is 0. The summed E-state index contributed by atoms with van der Waals surface area (Å²) in [5.74, 6) is 0. The summed E-state index contributed by atoms with van der Waals surface area (Å²) in [7, 11) is 0. The predicted molar refractivity (Wildman–Crippen MR) is 76.9 cm³/mol. The van der Waals surface area contributed by atoms with Gasteiger partial charge in [0, 0.05) is 0 Å². The van der Waals surface area contributed by atoms with Gasteiger partial charge in [-0.1, -0.05) is 71.8 Å². The highest BCUT2D eigenvalue weighted by Gasteiger charge is 2.02.